The van der Waals surface area contributed by atoms with Crippen LogP contribution in [0.25, 0.3) is 55.8 Å². The number of amides is 1. The van der Waals surface area contributed by atoms with E-state index >= 15 is 0 Å². The van der Waals surface area contributed by atoms with Gasteiger partial charge in [0.1, 0.15) is 22.9 Å². The number of furan rings is 1. The number of nitrogens with one attached hydrogen (secondary N) is 2. The lowest BCUT2D eigenvalue weighted by Gasteiger charge is -2.20. The standard InChI is InChI=1S/C29H23FN6O4S/c1-31-29(37)27-20-12-19(17-11-24(35-33-15-17)23-13-22-21(34-23)5-4-10-32-22)25(36(2)41(3,38)39)14-26(20)40-28(27)16-6-8-18(30)9-7-16/h4-15,34H,1-3H3,(H,31,37). The highest BCUT2D eigenvalue weighted by Crippen LogP contribution is 2.41. The van der Waals surface area contributed by atoms with Crippen LogP contribution in [0.1, 0.15) is 10.4 Å². The minimum absolute atomic E-state index is 0.226. The average molecular weight is 571 g/mol. The fourth-order valence-corrected chi connectivity index (χ4v) is 5.21. The summed E-state index contributed by atoms with van der Waals surface area (Å²) in [6.45, 7) is 0. The van der Waals surface area contributed by atoms with E-state index in [-0.39, 0.29) is 16.9 Å². The Balaban J connectivity index is 1.61. The summed E-state index contributed by atoms with van der Waals surface area (Å²) < 4.78 is 46.3. The molecule has 0 spiro atoms. The fourth-order valence-electron chi connectivity index (χ4n) is 4.70. The van der Waals surface area contributed by atoms with Crippen LogP contribution >= 0.6 is 0 Å². The van der Waals surface area contributed by atoms with Crippen LogP contribution < -0.4 is 9.62 Å². The van der Waals surface area contributed by atoms with Crippen molar-refractivity contribution in [1.29, 1.82) is 0 Å². The largest absolute Gasteiger partial charge is 0.455 e. The molecule has 1 amide bonds. The second-order valence-electron chi connectivity index (χ2n) is 9.44. The van der Waals surface area contributed by atoms with E-state index in [4.69, 9.17) is 4.42 Å². The second kappa shape index (κ2) is 9.82. The number of anilines is 1. The van der Waals surface area contributed by atoms with E-state index in [2.05, 4.69) is 25.5 Å². The van der Waals surface area contributed by atoms with E-state index in [1.165, 1.54) is 44.6 Å². The van der Waals surface area contributed by atoms with Gasteiger partial charge in [-0.2, -0.15) is 5.10 Å². The van der Waals surface area contributed by atoms with E-state index < -0.39 is 21.7 Å². The first-order valence-electron chi connectivity index (χ1n) is 12.4. The minimum atomic E-state index is -3.70. The molecular weight excluding hydrogens is 547 g/mol. The first-order valence-corrected chi connectivity index (χ1v) is 14.3. The molecule has 206 valence electrons. The number of fused-ring (bicyclic) bond motifs is 2. The number of aromatic amines is 1. The molecule has 2 aromatic carbocycles. The van der Waals surface area contributed by atoms with Crippen molar-refractivity contribution in [1.82, 2.24) is 25.5 Å². The lowest BCUT2D eigenvalue weighted by Crippen LogP contribution is -2.25. The molecule has 0 aliphatic rings. The van der Waals surface area contributed by atoms with Crippen molar-refractivity contribution in [3.63, 3.8) is 0 Å². The zero-order valence-electron chi connectivity index (χ0n) is 22.1. The number of hydrogen-bond donors (Lipinski definition) is 2. The maximum absolute atomic E-state index is 13.7. The highest BCUT2D eigenvalue weighted by atomic mass is 32.2. The third kappa shape index (κ3) is 4.67. The molecule has 12 heteroatoms. The Morgan fingerprint density at radius 3 is 2.56 bits per heavy atom. The van der Waals surface area contributed by atoms with Crippen molar-refractivity contribution in [2.75, 3.05) is 24.7 Å². The van der Waals surface area contributed by atoms with Gasteiger partial charge in [0.2, 0.25) is 10.0 Å². The van der Waals surface area contributed by atoms with Crippen molar-refractivity contribution < 1.29 is 22.0 Å². The van der Waals surface area contributed by atoms with Crippen LogP contribution in [0, 0.1) is 5.82 Å². The molecule has 0 aliphatic carbocycles. The van der Waals surface area contributed by atoms with Crippen LogP contribution in [0.2, 0.25) is 0 Å². The molecule has 41 heavy (non-hydrogen) atoms. The highest BCUT2D eigenvalue weighted by molar-refractivity contribution is 7.92. The van der Waals surface area contributed by atoms with Crippen LogP contribution in [0.15, 0.2) is 77.5 Å². The van der Waals surface area contributed by atoms with Crippen LogP contribution in [-0.4, -0.2) is 54.8 Å². The van der Waals surface area contributed by atoms with Gasteiger partial charge in [-0.3, -0.25) is 14.1 Å². The van der Waals surface area contributed by atoms with Crippen molar-refractivity contribution in [3.8, 4) is 33.8 Å². The van der Waals surface area contributed by atoms with Gasteiger partial charge in [-0.05, 0) is 54.6 Å². The molecule has 0 bridgehead atoms. The molecule has 10 nitrogen and oxygen atoms in total. The topological polar surface area (TPSA) is 134 Å². The summed E-state index contributed by atoms with van der Waals surface area (Å²) in [5.41, 5.74) is 5.12. The molecule has 6 rings (SSSR count). The van der Waals surface area contributed by atoms with Gasteiger partial charge >= 0.3 is 0 Å². The second-order valence-corrected chi connectivity index (χ2v) is 11.5. The molecule has 4 aromatic heterocycles. The number of hydrogen-bond acceptors (Lipinski definition) is 7. The third-order valence-corrected chi connectivity index (χ3v) is 8.03. The van der Waals surface area contributed by atoms with E-state index in [1.54, 1.807) is 24.4 Å². The Kier molecular flexibility index (Phi) is 6.26. The first kappa shape index (κ1) is 26.1. The first-order chi connectivity index (χ1) is 19.6. The Morgan fingerprint density at radius 1 is 1.07 bits per heavy atom. The number of carbonyl (C=O) groups is 1. The number of carbonyl (C=O) groups excluding carboxylic acids is 1. The fraction of sp³-hybridized carbons (Fsp3) is 0.103. The quantitative estimate of drug-likeness (QED) is 0.288. The van der Waals surface area contributed by atoms with Crippen molar-refractivity contribution >= 4 is 43.6 Å². The number of rotatable bonds is 6. The Hall–Kier alpha value is -5.10. The van der Waals surface area contributed by atoms with E-state index in [0.717, 1.165) is 21.6 Å². The summed E-state index contributed by atoms with van der Waals surface area (Å²) in [5, 5.41) is 11.5. The van der Waals surface area contributed by atoms with Gasteiger partial charge < -0.3 is 14.7 Å². The van der Waals surface area contributed by atoms with Gasteiger partial charge in [0.15, 0.2) is 0 Å². The summed E-state index contributed by atoms with van der Waals surface area (Å²) in [7, 11) is -0.766. The van der Waals surface area contributed by atoms with Gasteiger partial charge in [-0.25, -0.2) is 12.8 Å². The number of H-pyrrole nitrogens is 1. The summed E-state index contributed by atoms with van der Waals surface area (Å²) in [4.78, 5) is 20.7. The third-order valence-electron chi connectivity index (χ3n) is 6.83. The predicted octanol–water partition coefficient (Wildman–Crippen LogP) is 4.99. The number of aromatic nitrogens is 4. The summed E-state index contributed by atoms with van der Waals surface area (Å²) >= 11 is 0. The molecule has 0 atom stereocenters. The lowest BCUT2D eigenvalue weighted by molar-refractivity contribution is 0.0964. The van der Waals surface area contributed by atoms with E-state index in [1.807, 2.05) is 18.2 Å². The van der Waals surface area contributed by atoms with Crippen LogP contribution in [0.5, 0.6) is 0 Å². The SMILES string of the molecule is CNC(=O)c1c(-c2ccc(F)cc2)oc2cc(N(C)S(C)(=O)=O)c(-c3cnnc(-c4cc5ncccc5[nH]4)c3)cc12. The summed E-state index contributed by atoms with van der Waals surface area (Å²) in [5.74, 6) is -0.627. The van der Waals surface area contributed by atoms with Crippen molar-refractivity contribution in [2.45, 2.75) is 0 Å². The van der Waals surface area contributed by atoms with E-state index in [9.17, 15) is 17.6 Å². The van der Waals surface area contributed by atoms with Crippen LogP contribution in [-0.2, 0) is 10.0 Å². The Labute approximate surface area is 233 Å². The molecule has 0 unspecified atom stereocenters. The Bertz CT molecular complexity index is 2040. The number of pyridine rings is 1. The van der Waals surface area contributed by atoms with Crippen molar-refractivity contribution in [3.05, 3.63) is 84.4 Å². The zero-order valence-corrected chi connectivity index (χ0v) is 23.0. The normalized spacial score (nSPS) is 11.7. The highest BCUT2D eigenvalue weighted by Gasteiger charge is 2.26. The zero-order chi connectivity index (χ0) is 28.9. The maximum Gasteiger partial charge on any atom is 0.255 e. The molecule has 0 radical (unpaired) electrons. The number of halogens is 1. The van der Waals surface area contributed by atoms with E-state index in [0.29, 0.717) is 39.2 Å². The molecular formula is C29H23FN6O4S. The van der Waals surface area contributed by atoms with Gasteiger partial charge in [0.25, 0.3) is 5.91 Å². The smallest absolute Gasteiger partial charge is 0.255 e. The number of nitrogens with zero attached hydrogens (tertiary/aromatic N) is 4. The van der Waals surface area contributed by atoms with Gasteiger partial charge in [-0.1, -0.05) is 0 Å². The molecule has 0 saturated heterocycles. The predicted molar refractivity (Wildman–Crippen MR) is 154 cm³/mol. The molecule has 4 heterocycles. The van der Waals surface area contributed by atoms with Crippen LogP contribution in [0.4, 0.5) is 10.1 Å². The van der Waals surface area contributed by atoms with Gasteiger partial charge in [0.05, 0.1) is 40.4 Å². The van der Waals surface area contributed by atoms with Crippen LogP contribution in [0.3, 0.4) is 0 Å². The monoisotopic (exact) mass is 570 g/mol. The maximum atomic E-state index is 13.7. The molecule has 2 N–H and O–H groups in total. The molecule has 6 aromatic rings. The Morgan fingerprint density at radius 2 is 1.85 bits per heavy atom. The molecule has 0 fully saturated rings. The minimum Gasteiger partial charge on any atom is -0.455 e. The van der Waals surface area contributed by atoms with Gasteiger partial charge in [-0.15, -0.1) is 5.10 Å². The van der Waals surface area contributed by atoms with Crippen molar-refractivity contribution in [2.24, 2.45) is 0 Å². The lowest BCUT2D eigenvalue weighted by atomic mass is 9.99. The average Bonchev–Trinajstić information content (AvgIpc) is 3.57. The number of benzene rings is 2. The summed E-state index contributed by atoms with van der Waals surface area (Å²) in [6, 6.07) is 16.2. The molecule has 0 saturated carbocycles. The summed E-state index contributed by atoms with van der Waals surface area (Å²) in [6.07, 6.45) is 4.31. The van der Waals surface area contributed by atoms with Gasteiger partial charge in [0, 0.05) is 48.4 Å². The number of sulfonamides is 1. The molecule has 0 aliphatic heterocycles.